The molecule has 7 N–H and O–H groups in total. The highest BCUT2D eigenvalue weighted by atomic mass is 16.6. The molecule has 1 saturated heterocycles. The molecule has 0 radical (unpaired) electrons. The smallest absolute Gasteiger partial charge is 0.347 e. The number of aromatic nitrogens is 1. The number of aromatic amines is 1. The van der Waals surface area contributed by atoms with Crippen LogP contribution >= 0.6 is 0 Å². The number of nitrogens with zero attached hydrogens (tertiary/aromatic N) is 1. The van der Waals surface area contributed by atoms with Crippen LogP contribution in [0, 0.1) is 0 Å². The summed E-state index contributed by atoms with van der Waals surface area (Å²) in [6.45, 7) is 3.47. The van der Waals surface area contributed by atoms with Crippen LogP contribution in [-0.2, 0) is 41.4 Å². The Bertz CT molecular complexity index is 2870. The van der Waals surface area contributed by atoms with Crippen molar-refractivity contribution >= 4 is 28.6 Å². The monoisotopic (exact) mass is 917 g/mol. The largest absolute Gasteiger partial charge is 0.506 e. The first-order valence-corrected chi connectivity index (χ1v) is 22.6. The van der Waals surface area contributed by atoms with E-state index in [0.717, 1.165) is 36.3 Å². The van der Waals surface area contributed by atoms with E-state index < -0.39 is 23.7 Å². The number of anilines is 1. The molecule has 14 heteroatoms. The molecule has 68 heavy (non-hydrogen) atoms. The van der Waals surface area contributed by atoms with Gasteiger partial charge < -0.3 is 50.5 Å². The first-order chi connectivity index (χ1) is 33.0. The molecule has 0 bridgehead atoms. The first-order valence-electron chi connectivity index (χ1n) is 22.6. The lowest BCUT2D eigenvalue weighted by Crippen LogP contribution is -2.43. The number of rotatable bonds is 18. The summed E-state index contributed by atoms with van der Waals surface area (Å²) in [5, 5.41) is 42.8. The number of phenols is 1. The van der Waals surface area contributed by atoms with Crippen molar-refractivity contribution < 1.29 is 39.1 Å². The molecule has 1 fully saturated rings. The first kappa shape index (κ1) is 47.0. The van der Waals surface area contributed by atoms with E-state index >= 15 is 0 Å². The van der Waals surface area contributed by atoms with Gasteiger partial charge in [-0.05, 0) is 82.6 Å². The number of pyridine rings is 1. The van der Waals surface area contributed by atoms with Crippen LogP contribution in [0.25, 0.3) is 10.9 Å². The maximum atomic E-state index is 14.0. The molecule has 6 aromatic carbocycles. The number of urea groups is 1. The molecule has 14 nitrogen and oxygen atoms in total. The number of likely N-dealkylation sites (tertiary alicyclic amines) is 1. The number of methoxy groups -OCH3 is 1. The number of piperidine rings is 1. The van der Waals surface area contributed by atoms with E-state index in [1.165, 1.54) is 24.8 Å². The summed E-state index contributed by atoms with van der Waals surface area (Å²) in [5.74, 6) is 0.130. The second kappa shape index (κ2) is 21.9. The minimum Gasteiger partial charge on any atom is -0.506 e. The summed E-state index contributed by atoms with van der Waals surface area (Å²) in [5.41, 5.74) is 3.48. The number of amides is 2. The number of aromatic hydroxyl groups is 1. The third-order valence-corrected chi connectivity index (χ3v) is 12.1. The van der Waals surface area contributed by atoms with E-state index in [4.69, 9.17) is 14.2 Å². The van der Waals surface area contributed by atoms with Crippen molar-refractivity contribution in [2.75, 3.05) is 32.1 Å². The Hall–Kier alpha value is -7.49. The number of ether oxygens (including phenoxy) is 3. The lowest BCUT2D eigenvalue weighted by molar-refractivity contribution is -0.170. The number of aliphatic hydroxyl groups is 2. The molecular formula is C54H55N5O9. The number of phenolic OH excluding ortho intramolecular Hbond substituents is 1. The number of aliphatic hydroxyl groups excluding tert-OH is 1. The number of hydrogen-bond donors (Lipinski definition) is 7. The van der Waals surface area contributed by atoms with Crippen LogP contribution in [-0.4, -0.2) is 70.1 Å². The van der Waals surface area contributed by atoms with Gasteiger partial charge in [-0.3, -0.25) is 9.69 Å². The quantitative estimate of drug-likeness (QED) is 0.0424. The molecule has 1 aliphatic heterocycles. The van der Waals surface area contributed by atoms with Gasteiger partial charge in [-0.15, -0.1) is 0 Å². The van der Waals surface area contributed by atoms with Crippen LogP contribution in [0.15, 0.2) is 156 Å². The van der Waals surface area contributed by atoms with Crippen LogP contribution < -0.4 is 31.0 Å². The fourth-order valence-corrected chi connectivity index (χ4v) is 8.39. The molecular weight excluding hydrogens is 863 g/mol. The number of H-pyrrole nitrogens is 1. The van der Waals surface area contributed by atoms with Crippen molar-refractivity contribution in [3.8, 4) is 17.2 Å². The van der Waals surface area contributed by atoms with Crippen molar-refractivity contribution in [3.63, 3.8) is 0 Å². The molecule has 350 valence electrons. The van der Waals surface area contributed by atoms with Gasteiger partial charge in [0.2, 0.25) is 11.2 Å². The lowest BCUT2D eigenvalue weighted by atomic mass is 9.86. The number of hydrogen-bond acceptors (Lipinski definition) is 11. The van der Waals surface area contributed by atoms with Crippen molar-refractivity contribution in [1.82, 2.24) is 20.5 Å². The number of carbonyl (C=O) groups is 2. The molecule has 0 unspecified atom stereocenters. The summed E-state index contributed by atoms with van der Waals surface area (Å²) >= 11 is 0. The molecule has 0 aliphatic carbocycles. The zero-order chi connectivity index (χ0) is 47.5. The number of carbonyl (C=O) groups excluding carboxylic acids is 2. The minimum absolute atomic E-state index is 0.0761. The SMILES string of the molecule is COc1cc(CNC[C@H](O)c2ccc(O)c3[nH]c(=O)ccc23)ccc1NC(=O)NCc1ccc(COc2cccc([C@](O)(C(=O)OC3CCN(Cc4ccccc4)CC3)c3ccccc3)c2)cc1. The Morgan fingerprint density at radius 1 is 0.779 bits per heavy atom. The molecule has 1 aromatic heterocycles. The zero-order valence-electron chi connectivity index (χ0n) is 37.7. The van der Waals surface area contributed by atoms with Crippen molar-refractivity contribution in [3.05, 3.63) is 201 Å². The number of benzene rings is 6. The maximum absolute atomic E-state index is 14.0. The average molecular weight is 918 g/mol. The molecule has 2 amide bonds. The molecule has 2 atom stereocenters. The fraction of sp³-hybridized carbons (Fsp3) is 0.241. The van der Waals surface area contributed by atoms with Gasteiger partial charge in [-0.1, -0.05) is 109 Å². The number of fused-ring (bicyclic) bond motifs is 1. The second-order valence-corrected chi connectivity index (χ2v) is 16.9. The Balaban J connectivity index is 0.810. The zero-order valence-corrected chi connectivity index (χ0v) is 37.7. The maximum Gasteiger partial charge on any atom is 0.347 e. The third kappa shape index (κ3) is 11.5. The highest BCUT2D eigenvalue weighted by Crippen LogP contribution is 2.35. The van der Waals surface area contributed by atoms with E-state index in [2.05, 4.69) is 38.0 Å². The predicted octanol–water partition coefficient (Wildman–Crippen LogP) is 7.41. The van der Waals surface area contributed by atoms with E-state index in [1.807, 2.05) is 54.6 Å². The van der Waals surface area contributed by atoms with E-state index in [0.29, 0.717) is 58.6 Å². The van der Waals surface area contributed by atoms with Gasteiger partial charge in [0.25, 0.3) is 0 Å². The Kier molecular flexibility index (Phi) is 15.1. The van der Waals surface area contributed by atoms with Crippen molar-refractivity contribution in [2.45, 2.75) is 56.9 Å². The van der Waals surface area contributed by atoms with Crippen LogP contribution in [0.2, 0.25) is 0 Å². The summed E-state index contributed by atoms with van der Waals surface area (Å²) in [4.78, 5) is 43.7. The number of esters is 1. The Morgan fingerprint density at radius 2 is 1.49 bits per heavy atom. The summed E-state index contributed by atoms with van der Waals surface area (Å²) < 4.78 is 17.8. The summed E-state index contributed by atoms with van der Waals surface area (Å²) in [7, 11) is 1.52. The Labute approximate surface area is 394 Å². The van der Waals surface area contributed by atoms with Gasteiger partial charge in [0.05, 0.1) is 24.4 Å². The van der Waals surface area contributed by atoms with Crippen molar-refractivity contribution in [1.29, 1.82) is 0 Å². The molecule has 0 spiro atoms. The van der Waals surface area contributed by atoms with Crippen LogP contribution in [0.5, 0.6) is 17.2 Å². The van der Waals surface area contributed by atoms with Gasteiger partial charge >= 0.3 is 12.0 Å². The standard InChI is InChI=1S/C54H55N5O9/c1-66-49-29-39(31-55-33-48(61)44-20-23-47(60)51-45(44)21-24-50(62)58-51)19-22-46(49)57-53(64)56-32-36-15-17-38(18-16-36)35-67-43-14-8-13-41(30-43)54(65,40-11-6-3-7-12-40)52(63)68-42-25-27-59(28-26-42)34-37-9-4-2-5-10-37/h2-24,29-30,42,48,55,60-61,65H,25-28,31-35H2,1H3,(H,58,62)(H2,56,57,64)/t48-,54-/m0/s1. The summed E-state index contributed by atoms with van der Waals surface area (Å²) in [6.07, 6.45) is 0.107. The summed E-state index contributed by atoms with van der Waals surface area (Å²) in [6, 6.07) is 44.6. The van der Waals surface area contributed by atoms with Crippen LogP contribution in [0.1, 0.15) is 57.9 Å². The van der Waals surface area contributed by atoms with Gasteiger partial charge in [0, 0.05) is 56.3 Å². The predicted molar refractivity (Wildman–Crippen MR) is 259 cm³/mol. The van der Waals surface area contributed by atoms with Gasteiger partial charge in [-0.2, -0.15) is 0 Å². The molecule has 8 rings (SSSR count). The van der Waals surface area contributed by atoms with E-state index in [1.54, 1.807) is 72.8 Å². The van der Waals surface area contributed by atoms with Gasteiger partial charge in [0.15, 0.2) is 0 Å². The van der Waals surface area contributed by atoms with Crippen LogP contribution in [0.4, 0.5) is 10.5 Å². The second-order valence-electron chi connectivity index (χ2n) is 16.9. The van der Waals surface area contributed by atoms with E-state index in [9.17, 15) is 29.7 Å². The molecule has 0 saturated carbocycles. The van der Waals surface area contributed by atoms with Gasteiger partial charge in [-0.25, -0.2) is 9.59 Å². The third-order valence-electron chi connectivity index (χ3n) is 12.1. The Morgan fingerprint density at radius 3 is 2.24 bits per heavy atom. The van der Waals surface area contributed by atoms with E-state index in [-0.39, 0.29) is 42.6 Å². The molecule has 1 aliphatic rings. The lowest BCUT2D eigenvalue weighted by Gasteiger charge is -2.34. The molecule has 2 heterocycles. The van der Waals surface area contributed by atoms with Crippen molar-refractivity contribution in [2.24, 2.45) is 0 Å². The highest BCUT2D eigenvalue weighted by molar-refractivity contribution is 5.91. The average Bonchev–Trinajstić information content (AvgIpc) is 3.37. The minimum atomic E-state index is -2.06. The highest BCUT2D eigenvalue weighted by Gasteiger charge is 2.43. The number of nitrogens with one attached hydrogen (secondary N) is 4. The van der Waals surface area contributed by atoms with Gasteiger partial charge in [0.1, 0.15) is 30.0 Å². The topological polar surface area (TPSA) is 195 Å². The van der Waals surface area contributed by atoms with Crippen LogP contribution in [0.3, 0.4) is 0 Å². The normalized spacial score (nSPS) is 14.4. The molecule has 7 aromatic rings. The fourth-order valence-electron chi connectivity index (χ4n) is 8.39.